The van der Waals surface area contributed by atoms with Crippen molar-refractivity contribution in [2.24, 2.45) is 0 Å². The molecule has 0 N–H and O–H groups in total. The molecule has 158 valence electrons. The Morgan fingerprint density at radius 1 is 1.34 bits per heavy atom. The van der Waals surface area contributed by atoms with Crippen LogP contribution >= 0.6 is 0 Å². The van der Waals surface area contributed by atoms with Crippen molar-refractivity contribution in [3.63, 3.8) is 0 Å². The van der Waals surface area contributed by atoms with E-state index < -0.39 is 41.4 Å². The molecule has 1 saturated heterocycles. The molecule has 0 aliphatic carbocycles. The maximum atomic E-state index is 13.0. The van der Waals surface area contributed by atoms with E-state index in [0.717, 1.165) is 5.56 Å². The molecular formula is C23H30O6. The first-order valence-corrected chi connectivity index (χ1v) is 9.34. The third-order valence-corrected chi connectivity index (χ3v) is 4.02. The van der Waals surface area contributed by atoms with Gasteiger partial charge in [-0.1, -0.05) is 23.6 Å². The molecule has 2 atom stereocenters. The van der Waals surface area contributed by atoms with Gasteiger partial charge in [0.15, 0.2) is 17.5 Å². The molecule has 29 heavy (non-hydrogen) atoms. The highest BCUT2D eigenvalue weighted by atomic mass is 16.7. The largest absolute Gasteiger partial charge is 0.460 e. The minimum Gasteiger partial charge on any atom is -0.460 e. The van der Waals surface area contributed by atoms with Crippen LogP contribution in [0, 0.1) is 19.3 Å². The predicted octanol–water partition coefficient (Wildman–Crippen LogP) is 3.80. The Kier molecular flexibility index (Phi) is 5.51. The average Bonchev–Trinajstić information content (AvgIpc) is 2.65. The Morgan fingerprint density at radius 2 is 1.97 bits per heavy atom. The van der Waals surface area contributed by atoms with Crippen molar-refractivity contribution in [3.05, 3.63) is 35.4 Å². The molecule has 0 unspecified atom stereocenters. The van der Waals surface area contributed by atoms with Gasteiger partial charge in [-0.2, -0.15) is 0 Å². The maximum Gasteiger partial charge on any atom is 0.338 e. The number of carbonyl (C=O) groups is 2. The highest BCUT2D eigenvalue weighted by molar-refractivity contribution is 5.89. The van der Waals surface area contributed by atoms with E-state index in [4.69, 9.17) is 29.5 Å². The van der Waals surface area contributed by atoms with Gasteiger partial charge in [-0.05, 0) is 53.7 Å². The van der Waals surface area contributed by atoms with E-state index in [0.29, 0.717) is 0 Å². The van der Waals surface area contributed by atoms with Crippen molar-refractivity contribution < 1.29 is 32.6 Å². The minimum atomic E-state index is -3.19. The molecule has 0 aromatic heterocycles. The van der Waals surface area contributed by atoms with Crippen molar-refractivity contribution in [1.29, 1.82) is 0 Å². The van der Waals surface area contributed by atoms with E-state index in [1.807, 2.05) is 6.92 Å². The Morgan fingerprint density at radius 3 is 2.48 bits per heavy atom. The standard InChI is InChI=1S/C23H30O6/c1-8-23(13-14-26-22(6,7)29-23)18(15-19(24)28-21(3,4)5)27-20(25)17-11-9-16(2)10-12-17/h1,9-12,18H,13-15H2,2-7H3/t18-,23-/m0/s1/i15D2,18D. The van der Waals surface area contributed by atoms with Gasteiger partial charge in [-0.15, -0.1) is 6.42 Å². The molecule has 6 nitrogen and oxygen atoms in total. The molecule has 0 amide bonds. The summed E-state index contributed by atoms with van der Waals surface area (Å²) in [5.74, 6) is -1.47. The van der Waals surface area contributed by atoms with Gasteiger partial charge < -0.3 is 18.9 Å². The predicted molar refractivity (Wildman–Crippen MR) is 108 cm³/mol. The molecule has 1 aromatic rings. The summed E-state index contributed by atoms with van der Waals surface area (Å²) in [6.45, 7) is 9.54. The van der Waals surface area contributed by atoms with Crippen LogP contribution in [0.1, 0.15) is 67.4 Å². The number of ether oxygens (including phenoxy) is 4. The van der Waals surface area contributed by atoms with E-state index in [9.17, 15) is 9.59 Å². The quantitative estimate of drug-likeness (QED) is 0.548. The van der Waals surface area contributed by atoms with Gasteiger partial charge in [0.05, 0.1) is 19.9 Å². The van der Waals surface area contributed by atoms with Crippen LogP contribution in [0.15, 0.2) is 24.3 Å². The van der Waals surface area contributed by atoms with Gasteiger partial charge in [0.2, 0.25) is 0 Å². The number of carbonyl (C=O) groups excluding carboxylic acids is 2. The smallest absolute Gasteiger partial charge is 0.338 e. The maximum absolute atomic E-state index is 13.0. The second-order valence-corrected chi connectivity index (χ2v) is 8.28. The summed E-state index contributed by atoms with van der Waals surface area (Å²) in [5.41, 5.74) is -2.26. The Balaban J connectivity index is 2.62. The van der Waals surface area contributed by atoms with Crippen molar-refractivity contribution >= 4 is 11.9 Å². The number of esters is 2. The fourth-order valence-corrected chi connectivity index (χ4v) is 2.71. The zero-order valence-corrected chi connectivity index (χ0v) is 17.8. The van der Waals surface area contributed by atoms with Crippen LogP contribution in [0.3, 0.4) is 0 Å². The SMILES string of the molecule is [2H]C([2H])(C(=O)OC(C)(C)C)[C@]([2H])(OC(=O)c1ccc(C)cc1)[C@]1(C#C)CCOC(C)(C)O1. The molecular weight excluding hydrogens is 372 g/mol. The molecule has 1 aromatic carbocycles. The van der Waals surface area contributed by atoms with E-state index >= 15 is 0 Å². The number of benzene rings is 1. The Hall–Kier alpha value is -2.36. The third-order valence-electron chi connectivity index (χ3n) is 4.02. The summed E-state index contributed by atoms with van der Waals surface area (Å²) < 4.78 is 48.1. The molecule has 0 bridgehead atoms. The summed E-state index contributed by atoms with van der Waals surface area (Å²) in [6.07, 6.45) is -0.645. The van der Waals surface area contributed by atoms with Gasteiger partial charge in [0.25, 0.3) is 0 Å². The zero-order chi connectivity index (χ0) is 24.6. The number of terminal acetylenes is 1. The lowest BCUT2D eigenvalue weighted by atomic mass is 9.89. The number of hydrogen-bond donors (Lipinski definition) is 0. The van der Waals surface area contributed by atoms with Crippen molar-refractivity contribution in [1.82, 2.24) is 0 Å². The lowest BCUT2D eigenvalue weighted by Crippen LogP contribution is -2.56. The van der Waals surface area contributed by atoms with Gasteiger partial charge >= 0.3 is 11.9 Å². The monoisotopic (exact) mass is 405 g/mol. The fourth-order valence-electron chi connectivity index (χ4n) is 2.71. The van der Waals surface area contributed by atoms with Crippen LogP contribution in [0.25, 0.3) is 0 Å². The summed E-state index contributed by atoms with van der Waals surface area (Å²) in [4.78, 5) is 25.9. The normalized spacial score (nSPS) is 25.3. The van der Waals surface area contributed by atoms with Crippen LogP contribution in [0.4, 0.5) is 0 Å². The van der Waals surface area contributed by atoms with Gasteiger partial charge in [0.1, 0.15) is 5.60 Å². The molecule has 6 heteroatoms. The van der Waals surface area contributed by atoms with Crippen molar-refractivity contribution in [2.45, 2.75) is 77.4 Å². The van der Waals surface area contributed by atoms with Crippen LogP contribution in [-0.2, 0) is 23.7 Å². The average molecular weight is 406 g/mol. The van der Waals surface area contributed by atoms with Crippen LogP contribution in [-0.4, -0.2) is 41.6 Å². The summed E-state index contributed by atoms with van der Waals surface area (Å²) in [7, 11) is 0. The number of aryl methyl sites for hydroxylation is 1. The lowest BCUT2D eigenvalue weighted by Gasteiger charge is -2.45. The van der Waals surface area contributed by atoms with Gasteiger partial charge in [-0.25, -0.2) is 4.79 Å². The summed E-state index contributed by atoms with van der Waals surface area (Å²) in [5, 5.41) is 0. The molecule has 0 spiro atoms. The Labute approximate surface area is 177 Å². The third kappa shape index (κ3) is 6.31. The van der Waals surface area contributed by atoms with Crippen LogP contribution < -0.4 is 0 Å². The summed E-state index contributed by atoms with van der Waals surface area (Å²) in [6, 6.07) is 6.27. The van der Waals surface area contributed by atoms with Crippen molar-refractivity contribution in [2.75, 3.05) is 6.61 Å². The molecule has 0 saturated carbocycles. The van der Waals surface area contributed by atoms with E-state index in [-0.39, 0.29) is 18.6 Å². The second kappa shape index (κ2) is 8.56. The van der Waals surface area contributed by atoms with E-state index in [1.54, 1.807) is 32.9 Å². The molecule has 1 heterocycles. The highest BCUT2D eigenvalue weighted by Crippen LogP contribution is 2.36. The zero-order valence-electron chi connectivity index (χ0n) is 20.8. The number of hydrogen-bond acceptors (Lipinski definition) is 6. The lowest BCUT2D eigenvalue weighted by molar-refractivity contribution is -0.311. The first kappa shape index (κ1) is 18.7. The fraction of sp³-hybridized carbons (Fsp3) is 0.565. The molecule has 0 radical (unpaired) electrons. The van der Waals surface area contributed by atoms with Crippen LogP contribution in [0.2, 0.25) is 0 Å². The molecule has 1 fully saturated rings. The first-order valence-electron chi connectivity index (χ1n) is 10.8. The van der Waals surface area contributed by atoms with Gasteiger partial charge in [0, 0.05) is 9.16 Å². The topological polar surface area (TPSA) is 71.1 Å². The molecule has 1 aliphatic rings. The summed E-state index contributed by atoms with van der Waals surface area (Å²) >= 11 is 0. The number of rotatable bonds is 5. The van der Waals surface area contributed by atoms with E-state index in [2.05, 4.69) is 5.92 Å². The first-order chi connectivity index (χ1) is 14.5. The molecule has 2 rings (SSSR count). The molecule has 1 aliphatic heterocycles. The highest BCUT2D eigenvalue weighted by Gasteiger charge is 2.49. The van der Waals surface area contributed by atoms with Crippen molar-refractivity contribution in [3.8, 4) is 12.3 Å². The van der Waals surface area contributed by atoms with Crippen LogP contribution in [0.5, 0.6) is 0 Å². The van der Waals surface area contributed by atoms with E-state index in [1.165, 1.54) is 26.0 Å². The second-order valence-electron chi connectivity index (χ2n) is 8.28. The van der Waals surface area contributed by atoms with Gasteiger partial charge in [-0.3, -0.25) is 4.79 Å². The Bertz CT molecular complexity index is 913. The minimum absolute atomic E-state index is 0.00961.